The number of nitrogens with one attached hydrogen (secondary N) is 1. The lowest BCUT2D eigenvalue weighted by Crippen LogP contribution is -2.24. The second-order valence-electron chi connectivity index (χ2n) is 7.64. The van der Waals surface area contributed by atoms with Crippen molar-refractivity contribution >= 4 is 23.3 Å². The summed E-state index contributed by atoms with van der Waals surface area (Å²) in [6, 6.07) is 23.7. The number of imidazole rings is 1. The molecule has 0 bridgehead atoms. The van der Waals surface area contributed by atoms with E-state index in [9.17, 15) is 4.79 Å². The van der Waals surface area contributed by atoms with Crippen molar-refractivity contribution in [3.8, 4) is 0 Å². The highest BCUT2D eigenvalue weighted by Crippen LogP contribution is 2.26. The van der Waals surface area contributed by atoms with Crippen LogP contribution in [0.25, 0.3) is 5.65 Å². The number of benzene rings is 2. The van der Waals surface area contributed by atoms with E-state index in [1.165, 1.54) is 0 Å². The topological polar surface area (TPSA) is 64.2 Å². The number of pyridine rings is 1. The van der Waals surface area contributed by atoms with Crippen LogP contribution in [0.5, 0.6) is 0 Å². The zero-order valence-corrected chi connectivity index (χ0v) is 18.8. The van der Waals surface area contributed by atoms with Crippen LogP contribution < -0.4 is 5.32 Å². The van der Waals surface area contributed by atoms with Crippen molar-refractivity contribution in [2.24, 2.45) is 0 Å². The van der Waals surface area contributed by atoms with Gasteiger partial charge in [0.25, 0.3) is 5.91 Å². The van der Waals surface area contributed by atoms with Gasteiger partial charge in [-0.05, 0) is 41.5 Å². The molecule has 0 atom stereocenters. The van der Waals surface area contributed by atoms with Gasteiger partial charge in [-0.2, -0.15) is 5.10 Å². The highest BCUT2D eigenvalue weighted by atomic mass is 32.2. The molecule has 5 aromatic rings. The zero-order chi connectivity index (χ0) is 22.5. The summed E-state index contributed by atoms with van der Waals surface area (Å²) in [7, 11) is 0. The van der Waals surface area contributed by atoms with E-state index in [0.29, 0.717) is 24.4 Å². The van der Waals surface area contributed by atoms with Crippen molar-refractivity contribution in [2.45, 2.75) is 23.7 Å². The second kappa shape index (κ2) is 9.75. The van der Waals surface area contributed by atoms with Crippen molar-refractivity contribution in [1.29, 1.82) is 0 Å². The van der Waals surface area contributed by atoms with Crippen LogP contribution >= 0.6 is 11.8 Å². The van der Waals surface area contributed by atoms with E-state index in [1.807, 2.05) is 94.4 Å². The van der Waals surface area contributed by atoms with Crippen LogP contribution in [-0.2, 0) is 18.8 Å². The molecule has 0 spiro atoms. The van der Waals surface area contributed by atoms with E-state index >= 15 is 0 Å². The molecule has 5 rings (SSSR count). The molecule has 0 aliphatic rings. The third-order valence-electron chi connectivity index (χ3n) is 5.37. The number of carbonyl (C=O) groups is 1. The standard InChI is InChI=1S/C26H23N5OS/c32-26(27-16-20-8-1-2-9-21(20)17-31-15-7-13-28-31)23-10-3-4-11-24(23)33-19-22-18-30-14-6-5-12-25(30)29-22/h1-15,18H,16-17,19H2,(H,27,32). The van der Waals surface area contributed by atoms with Crippen molar-refractivity contribution in [2.75, 3.05) is 0 Å². The highest BCUT2D eigenvalue weighted by molar-refractivity contribution is 7.98. The number of hydrogen-bond donors (Lipinski definition) is 1. The minimum Gasteiger partial charge on any atom is -0.348 e. The molecule has 0 aliphatic carbocycles. The summed E-state index contributed by atoms with van der Waals surface area (Å²) in [6.45, 7) is 1.13. The van der Waals surface area contributed by atoms with E-state index in [1.54, 1.807) is 18.0 Å². The molecule has 2 aromatic carbocycles. The summed E-state index contributed by atoms with van der Waals surface area (Å²) in [6.07, 6.45) is 7.72. The Labute approximate surface area is 196 Å². The van der Waals surface area contributed by atoms with E-state index in [-0.39, 0.29) is 5.91 Å². The molecule has 164 valence electrons. The first kappa shape index (κ1) is 21.0. The van der Waals surface area contributed by atoms with Crippen LogP contribution in [0.3, 0.4) is 0 Å². The third kappa shape index (κ3) is 4.99. The summed E-state index contributed by atoms with van der Waals surface area (Å²) < 4.78 is 3.89. The quantitative estimate of drug-likeness (QED) is 0.343. The Kier molecular flexibility index (Phi) is 6.21. The molecule has 0 saturated heterocycles. The van der Waals surface area contributed by atoms with Gasteiger partial charge in [0.05, 0.1) is 17.8 Å². The first-order valence-corrected chi connectivity index (χ1v) is 11.7. The van der Waals surface area contributed by atoms with Crippen LogP contribution in [0.1, 0.15) is 27.2 Å². The van der Waals surface area contributed by atoms with Gasteiger partial charge in [-0.15, -0.1) is 11.8 Å². The minimum absolute atomic E-state index is 0.0815. The number of hydrogen-bond acceptors (Lipinski definition) is 4. The molecule has 0 unspecified atom stereocenters. The largest absolute Gasteiger partial charge is 0.348 e. The third-order valence-corrected chi connectivity index (χ3v) is 6.48. The minimum atomic E-state index is -0.0815. The molecule has 0 radical (unpaired) electrons. The monoisotopic (exact) mass is 453 g/mol. The Bertz CT molecular complexity index is 1340. The van der Waals surface area contributed by atoms with Gasteiger partial charge < -0.3 is 9.72 Å². The number of aromatic nitrogens is 4. The summed E-state index contributed by atoms with van der Waals surface area (Å²) in [5.41, 5.74) is 4.80. The molecule has 3 heterocycles. The van der Waals surface area contributed by atoms with Gasteiger partial charge in [-0.25, -0.2) is 4.98 Å². The Morgan fingerprint density at radius 2 is 1.73 bits per heavy atom. The summed E-state index contributed by atoms with van der Waals surface area (Å²) in [4.78, 5) is 18.7. The number of amides is 1. The average molecular weight is 454 g/mol. The smallest absolute Gasteiger partial charge is 0.252 e. The molecular weight excluding hydrogens is 430 g/mol. The van der Waals surface area contributed by atoms with Crippen LogP contribution in [0, 0.1) is 0 Å². The Hall–Kier alpha value is -3.84. The van der Waals surface area contributed by atoms with Crippen LogP contribution in [0.15, 0.2) is 102 Å². The Balaban J connectivity index is 1.26. The molecule has 33 heavy (non-hydrogen) atoms. The molecule has 0 saturated carbocycles. The van der Waals surface area contributed by atoms with Crippen LogP contribution in [-0.4, -0.2) is 25.1 Å². The van der Waals surface area contributed by atoms with Gasteiger partial charge in [0.1, 0.15) is 5.65 Å². The maximum absolute atomic E-state index is 13.1. The molecule has 7 heteroatoms. The summed E-state index contributed by atoms with van der Waals surface area (Å²) in [5.74, 6) is 0.612. The van der Waals surface area contributed by atoms with E-state index in [0.717, 1.165) is 27.4 Å². The Morgan fingerprint density at radius 1 is 0.909 bits per heavy atom. The van der Waals surface area contributed by atoms with Crippen molar-refractivity contribution in [3.05, 3.63) is 120 Å². The average Bonchev–Trinajstić information content (AvgIpc) is 3.51. The number of fused-ring (bicyclic) bond motifs is 1. The first-order chi connectivity index (χ1) is 16.3. The van der Waals surface area contributed by atoms with Crippen molar-refractivity contribution < 1.29 is 4.79 Å². The van der Waals surface area contributed by atoms with Crippen LogP contribution in [0.2, 0.25) is 0 Å². The zero-order valence-electron chi connectivity index (χ0n) is 18.0. The number of nitrogens with zero attached hydrogens (tertiary/aromatic N) is 4. The fourth-order valence-corrected chi connectivity index (χ4v) is 4.65. The van der Waals surface area contributed by atoms with Gasteiger partial charge in [-0.1, -0.05) is 42.5 Å². The lowest BCUT2D eigenvalue weighted by atomic mass is 10.1. The molecule has 0 aliphatic heterocycles. The molecule has 1 amide bonds. The number of thioether (sulfide) groups is 1. The first-order valence-electron chi connectivity index (χ1n) is 10.7. The highest BCUT2D eigenvalue weighted by Gasteiger charge is 2.13. The second-order valence-corrected chi connectivity index (χ2v) is 8.66. The van der Waals surface area contributed by atoms with Gasteiger partial charge in [0, 0.05) is 42.0 Å². The molecular formula is C26H23N5OS. The predicted molar refractivity (Wildman–Crippen MR) is 130 cm³/mol. The maximum atomic E-state index is 13.1. The number of rotatable bonds is 8. The molecule has 6 nitrogen and oxygen atoms in total. The van der Waals surface area contributed by atoms with E-state index < -0.39 is 0 Å². The van der Waals surface area contributed by atoms with E-state index in [4.69, 9.17) is 0 Å². The summed E-state index contributed by atoms with van der Waals surface area (Å²) >= 11 is 1.62. The van der Waals surface area contributed by atoms with Gasteiger partial charge in [0.2, 0.25) is 0 Å². The lowest BCUT2D eigenvalue weighted by Gasteiger charge is -2.12. The fraction of sp³-hybridized carbons (Fsp3) is 0.115. The van der Waals surface area contributed by atoms with Crippen molar-refractivity contribution in [3.63, 3.8) is 0 Å². The number of carbonyl (C=O) groups excluding carboxylic acids is 1. The summed E-state index contributed by atoms with van der Waals surface area (Å²) in [5, 5.41) is 7.38. The maximum Gasteiger partial charge on any atom is 0.252 e. The SMILES string of the molecule is O=C(NCc1ccccc1Cn1cccn1)c1ccccc1SCc1cn2ccccc2n1. The van der Waals surface area contributed by atoms with Gasteiger partial charge in [-0.3, -0.25) is 9.48 Å². The fourth-order valence-electron chi connectivity index (χ4n) is 3.71. The Morgan fingerprint density at radius 3 is 2.58 bits per heavy atom. The molecule has 1 N–H and O–H groups in total. The normalized spacial score (nSPS) is 11.0. The van der Waals surface area contributed by atoms with Gasteiger partial charge >= 0.3 is 0 Å². The van der Waals surface area contributed by atoms with Crippen molar-refractivity contribution in [1.82, 2.24) is 24.5 Å². The molecule has 0 fully saturated rings. The molecule has 3 aromatic heterocycles. The van der Waals surface area contributed by atoms with Gasteiger partial charge in [0.15, 0.2) is 0 Å². The lowest BCUT2D eigenvalue weighted by molar-refractivity contribution is 0.0948. The van der Waals surface area contributed by atoms with Crippen LogP contribution in [0.4, 0.5) is 0 Å². The van der Waals surface area contributed by atoms with E-state index in [2.05, 4.69) is 21.5 Å². The predicted octanol–water partition coefficient (Wildman–Crippen LogP) is 4.80.